The first-order chi connectivity index (χ1) is 26.3. The van der Waals surface area contributed by atoms with Crippen LogP contribution in [0.1, 0.15) is 57.4 Å². The minimum absolute atomic E-state index is 0.0749. The van der Waals surface area contributed by atoms with Gasteiger partial charge in [0.15, 0.2) is 17.1 Å². The predicted octanol–water partition coefficient (Wildman–Crippen LogP) is 5.66. The van der Waals surface area contributed by atoms with E-state index in [2.05, 4.69) is 78.9 Å². The number of ketones is 1. The average Bonchev–Trinajstić information content (AvgIpc) is 3.61. The quantitative estimate of drug-likeness (QED) is 0.0953. The number of imidazole rings is 1. The van der Waals surface area contributed by atoms with E-state index >= 15 is 0 Å². The van der Waals surface area contributed by atoms with Crippen LogP contribution in [0.3, 0.4) is 0 Å². The van der Waals surface area contributed by atoms with Gasteiger partial charge in [-0.25, -0.2) is 9.56 Å². The number of fused-ring (bicyclic) bond motifs is 3. The normalized spacial score (nSPS) is 17.2. The van der Waals surface area contributed by atoms with E-state index in [1.807, 2.05) is 42.5 Å². The Morgan fingerprint density at radius 3 is 2.54 bits per heavy atom. The Balaban J connectivity index is 0.989. The molecule has 0 saturated carbocycles. The fourth-order valence-electron chi connectivity index (χ4n) is 8.06. The number of rotatable bonds is 10. The number of benzene rings is 3. The van der Waals surface area contributed by atoms with Crippen LogP contribution < -0.4 is 20.6 Å². The number of aromatic amines is 1. The smallest absolute Gasteiger partial charge is 0.245 e. The van der Waals surface area contributed by atoms with Crippen LogP contribution >= 0.6 is 0 Å². The lowest BCUT2D eigenvalue weighted by Gasteiger charge is -2.40. The Bertz CT molecular complexity index is 2450. The highest BCUT2D eigenvalue weighted by Gasteiger charge is 2.41. The number of hydrogen-bond donors (Lipinski definition) is 3. The number of nitrogens with one attached hydrogen (secondary N) is 1. The van der Waals surface area contributed by atoms with Crippen LogP contribution in [0.25, 0.3) is 16.7 Å². The molecule has 10 nitrogen and oxygen atoms in total. The number of aliphatic hydroxyl groups is 1. The maximum absolute atomic E-state index is 13.9. The number of ether oxygens (including phenoxy) is 1. The molecule has 2 fully saturated rings. The molecule has 0 unspecified atom stereocenters. The van der Waals surface area contributed by atoms with E-state index in [9.17, 15) is 9.90 Å². The van der Waals surface area contributed by atoms with Crippen molar-refractivity contribution in [1.82, 2.24) is 19.9 Å². The van der Waals surface area contributed by atoms with E-state index in [1.165, 1.54) is 52.1 Å². The molecule has 4 N–H and O–H groups in total. The molecule has 3 aromatic carbocycles. The number of carbonyl (C=O) groups is 1. The molecule has 3 aliphatic heterocycles. The van der Waals surface area contributed by atoms with Crippen molar-refractivity contribution in [2.24, 2.45) is 0 Å². The average molecular weight is 735 g/mol. The minimum Gasteiger partial charge on any atom is -0.471 e. The maximum Gasteiger partial charge on any atom is 0.245 e. The lowest BCUT2D eigenvalue weighted by Crippen LogP contribution is -2.50. The summed E-state index contributed by atoms with van der Waals surface area (Å²) in [7, 11) is -2.11. The molecule has 4 aliphatic rings. The van der Waals surface area contributed by atoms with Gasteiger partial charge < -0.3 is 25.5 Å². The Morgan fingerprint density at radius 1 is 0.981 bits per heavy atom. The van der Waals surface area contributed by atoms with Gasteiger partial charge in [0.2, 0.25) is 11.8 Å². The van der Waals surface area contributed by atoms with Crippen LogP contribution in [-0.2, 0) is 19.6 Å². The van der Waals surface area contributed by atoms with E-state index in [0.717, 1.165) is 54.0 Å². The molecule has 0 spiro atoms. The second kappa shape index (κ2) is 13.6. The molecule has 9 rings (SSSR count). The van der Waals surface area contributed by atoms with Gasteiger partial charge in [0.1, 0.15) is 33.3 Å². The second-order valence-corrected chi connectivity index (χ2v) is 19.5. The third-order valence-corrected chi connectivity index (χ3v) is 15.0. The van der Waals surface area contributed by atoms with Crippen molar-refractivity contribution in [2.45, 2.75) is 52.0 Å². The first kappa shape index (κ1) is 34.1. The van der Waals surface area contributed by atoms with Crippen LogP contribution in [0.15, 0.2) is 96.0 Å². The van der Waals surface area contributed by atoms with E-state index in [-0.39, 0.29) is 18.3 Å². The SMILES string of the molecule is C[Si]1(C)C2=CC(=[N+]3CCC3)C=CC2=C(c2cc(C(=O)CCc3ccc(COc4nc(N)nc5nc[nH]c45)cc3)ccc2CO)c2ccc(N3CCC3)cc21. The maximum atomic E-state index is 13.9. The van der Waals surface area contributed by atoms with Gasteiger partial charge in [-0.05, 0) is 86.5 Å². The standard InChI is InChI=1S/C43H44N7O3Si/c1-54(2)37-22-31(49-17-3-18-49)12-14-33(37)39(34-15-13-32(23-38(34)54)50-19-4-20-50)35-21-29(10-11-30(35)24-51)36(52)16-9-27-5-7-28(8-6-27)25-53-42-40-41(46-26-45-40)47-43(44)48-42/h5-8,10-15,21-23,26,51H,3-4,9,16-20,24-25H2,1-2H3,(H3,44,45,46,47,48)/q+1. The fraction of sp³-hybridized carbons (Fsp3) is 0.279. The number of carbonyl (C=O) groups excluding carboxylic acids is 1. The molecule has 11 heteroatoms. The van der Waals surface area contributed by atoms with Crippen molar-refractivity contribution in [1.29, 1.82) is 0 Å². The Morgan fingerprint density at radius 2 is 1.80 bits per heavy atom. The molecule has 1 aliphatic carbocycles. The second-order valence-electron chi connectivity index (χ2n) is 15.2. The van der Waals surface area contributed by atoms with Crippen molar-refractivity contribution in [2.75, 3.05) is 36.8 Å². The van der Waals surface area contributed by atoms with E-state index in [1.54, 1.807) is 0 Å². The predicted molar refractivity (Wildman–Crippen MR) is 215 cm³/mol. The fourth-order valence-corrected chi connectivity index (χ4v) is 11.1. The molecule has 0 bridgehead atoms. The van der Waals surface area contributed by atoms with Crippen molar-refractivity contribution in [3.63, 3.8) is 0 Å². The number of anilines is 2. The van der Waals surface area contributed by atoms with E-state index in [0.29, 0.717) is 42.1 Å². The molecule has 5 heterocycles. The highest BCUT2D eigenvalue weighted by Crippen LogP contribution is 2.43. The van der Waals surface area contributed by atoms with Crippen LogP contribution in [0, 0.1) is 0 Å². The number of nitrogens with two attached hydrogens (primary N) is 1. The van der Waals surface area contributed by atoms with Gasteiger partial charge in [0.25, 0.3) is 0 Å². The number of hydrogen-bond acceptors (Lipinski definition) is 8. The zero-order valence-electron chi connectivity index (χ0n) is 30.7. The lowest BCUT2D eigenvalue weighted by atomic mass is 9.85. The first-order valence-electron chi connectivity index (χ1n) is 18.9. The molecule has 2 saturated heterocycles. The van der Waals surface area contributed by atoms with E-state index < -0.39 is 8.07 Å². The summed E-state index contributed by atoms with van der Waals surface area (Å²) < 4.78 is 8.41. The zero-order valence-corrected chi connectivity index (χ0v) is 31.7. The number of H-pyrrole nitrogens is 1. The lowest BCUT2D eigenvalue weighted by molar-refractivity contribution is -0.582. The highest BCUT2D eigenvalue weighted by molar-refractivity contribution is 6.98. The van der Waals surface area contributed by atoms with Crippen LogP contribution in [0.2, 0.25) is 13.1 Å². The molecular formula is C43H44N7O3Si+. The summed E-state index contributed by atoms with van der Waals surface area (Å²) in [6.45, 7) is 9.53. The van der Waals surface area contributed by atoms with Crippen LogP contribution in [0.4, 0.5) is 11.6 Å². The summed E-state index contributed by atoms with van der Waals surface area (Å²) >= 11 is 0. The Labute approximate surface area is 315 Å². The molecule has 2 aromatic heterocycles. The number of Topliss-reactive ketones (excluding diaryl/α,β-unsaturated/α-hetero) is 1. The topological polar surface area (TPSA) is 133 Å². The Hall–Kier alpha value is -5.65. The summed E-state index contributed by atoms with van der Waals surface area (Å²) in [5, 5.41) is 13.5. The summed E-state index contributed by atoms with van der Waals surface area (Å²) in [6, 6.07) is 20.9. The van der Waals surface area contributed by atoms with Crippen LogP contribution in [-0.4, -0.2) is 75.4 Å². The molecular weight excluding hydrogens is 691 g/mol. The van der Waals surface area contributed by atoms with Gasteiger partial charge in [0, 0.05) is 42.9 Å². The van der Waals surface area contributed by atoms with Gasteiger partial charge in [-0.15, -0.1) is 0 Å². The number of aryl methyl sites for hydroxylation is 1. The van der Waals surface area contributed by atoms with Gasteiger partial charge in [0.05, 0.1) is 19.4 Å². The largest absolute Gasteiger partial charge is 0.471 e. The summed E-state index contributed by atoms with van der Waals surface area (Å²) in [4.78, 5) is 31.8. The zero-order chi connectivity index (χ0) is 37.0. The third kappa shape index (κ3) is 6.07. The Kier molecular flexibility index (Phi) is 8.62. The van der Waals surface area contributed by atoms with Gasteiger partial charge in [-0.2, -0.15) is 9.97 Å². The number of aromatic nitrogens is 4. The minimum atomic E-state index is -2.11. The number of aliphatic hydroxyl groups excluding tert-OH is 1. The van der Waals surface area contributed by atoms with Gasteiger partial charge >= 0.3 is 0 Å². The molecule has 54 heavy (non-hydrogen) atoms. The van der Waals surface area contributed by atoms with Gasteiger partial charge in [-0.1, -0.05) is 55.6 Å². The monoisotopic (exact) mass is 734 g/mol. The van der Waals surface area contributed by atoms with Crippen LogP contribution in [0.5, 0.6) is 5.88 Å². The number of allylic oxidation sites excluding steroid dienone is 5. The van der Waals surface area contributed by atoms with Crippen molar-refractivity contribution >= 4 is 53.1 Å². The van der Waals surface area contributed by atoms with Crippen molar-refractivity contribution in [3.05, 3.63) is 129 Å². The summed E-state index contributed by atoms with van der Waals surface area (Å²) in [6.07, 6.45) is 12.0. The number of nitrogen functional groups attached to an aromatic ring is 1. The molecule has 0 atom stereocenters. The molecule has 0 radical (unpaired) electrons. The summed E-state index contributed by atoms with van der Waals surface area (Å²) in [5.74, 6) is 0.534. The van der Waals surface area contributed by atoms with Crippen molar-refractivity contribution in [3.8, 4) is 5.88 Å². The molecule has 272 valence electrons. The third-order valence-electron chi connectivity index (χ3n) is 11.5. The van der Waals surface area contributed by atoms with Gasteiger partial charge in [-0.3, -0.25) is 4.79 Å². The molecule has 0 amide bonds. The number of nitrogens with zero attached hydrogens (tertiary/aromatic N) is 5. The van der Waals surface area contributed by atoms with E-state index in [4.69, 9.17) is 10.5 Å². The summed E-state index contributed by atoms with van der Waals surface area (Å²) in [5.41, 5.74) is 17.5. The molecule has 5 aromatic rings. The van der Waals surface area contributed by atoms with Crippen molar-refractivity contribution < 1.29 is 19.2 Å². The first-order valence-corrected chi connectivity index (χ1v) is 21.9. The highest BCUT2D eigenvalue weighted by atomic mass is 28.3.